The van der Waals surface area contributed by atoms with Crippen molar-refractivity contribution in [1.82, 2.24) is 0 Å². The molecule has 0 N–H and O–H groups in total. The minimum atomic E-state index is -3.07. The van der Waals surface area contributed by atoms with E-state index < -0.39 is 12.4 Å². The van der Waals surface area contributed by atoms with Gasteiger partial charge in [0.1, 0.15) is 11.6 Å². The van der Waals surface area contributed by atoms with Gasteiger partial charge in [-0.15, -0.1) is 0 Å². The summed E-state index contributed by atoms with van der Waals surface area (Å²) < 4.78 is 34.7. The van der Waals surface area contributed by atoms with Gasteiger partial charge in [-0.25, -0.2) is 0 Å². The molecular formula is C18H13F2NO3. The molecule has 0 saturated heterocycles. The largest absolute Gasteiger partial charge is 0.493 e. The summed E-state index contributed by atoms with van der Waals surface area (Å²) in [5, 5.41) is 9.26. The van der Waals surface area contributed by atoms with Crippen molar-refractivity contribution in [2.45, 2.75) is 6.61 Å². The number of halogens is 2. The molecule has 2 aromatic rings. The Hall–Kier alpha value is -3.20. The summed E-state index contributed by atoms with van der Waals surface area (Å²) in [6, 6.07) is 14.4. The molecule has 0 fully saturated rings. The molecule has 0 amide bonds. The number of Topliss-reactive ketones (excluding diaryl/α,β-unsaturated/α-hetero) is 1. The van der Waals surface area contributed by atoms with Crippen molar-refractivity contribution in [3.05, 3.63) is 65.2 Å². The van der Waals surface area contributed by atoms with E-state index in [-0.39, 0.29) is 22.6 Å². The molecular weight excluding hydrogens is 316 g/mol. The zero-order chi connectivity index (χ0) is 17.5. The summed E-state index contributed by atoms with van der Waals surface area (Å²) in [6.07, 6.45) is 1.20. The Morgan fingerprint density at radius 3 is 2.46 bits per heavy atom. The summed E-state index contributed by atoms with van der Waals surface area (Å²) >= 11 is 0. The molecule has 4 nitrogen and oxygen atoms in total. The van der Waals surface area contributed by atoms with E-state index in [1.54, 1.807) is 42.5 Å². The number of rotatable bonds is 6. The number of nitrogens with zero attached hydrogens (tertiary/aromatic N) is 1. The van der Waals surface area contributed by atoms with Crippen LogP contribution in [0.2, 0.25) is 0 Å². The average molecular weight is 329 g/mol. The van der Waals surface area contributed by atoms with Gasteiger partial charge in [-0.05, 0) is 12.1 Å². The molecule has 0 aliphatic heterocycles. The first kappa shape index (κ1) is 17.2. The van der Waals surface area contributed by atoms with Crippen molar-refractivity contribution in [1.29, 1.82) is 5.26 Å². The normalized spacial score (nSPS) is 11.0. The number of hydrogen-bond acceptors (Lipinski definition) is 4. The highest BCUT2D eigenvalue weighted by atomic mass is 19.3. The Morgan fingerprint density at radius 2 is 1.88 bits per heavy atom. The number of ether oxygens (including phenoxy) is 2. The molecule has 0 spiro atoms. The Labute approximate surface area is 137 Å². The number of alkyl halides is 2. The van der Waals surface area contributed by atoms with Gasteiger partial charge in [0, 0.05) is 11.1 Å². The molecule has 0 saturated carbocycles. The average Bonchev–Trinajstić information content (AvgIpc) is 2.60. The lowest BCUT2D eigenvalue weighted by atomic mass is 10.0. The molecule has 0 atom stereocenters. The third kappa shape index (κ3) is 3.96. The molecule has 0 unspecified atom stereocenters. The maximum atomic E-state index is 12.6. The number of nitriles is 1. The molecule has 24 heavy (non-hydrogen) atoms. The molecule has 0 bridgehead atoms. The summed E-state index contributed by atoms with van der Waals surface area (Å²) in [5.41, 5.74) is 0.272. The number of allylic oxidation sites excluding steroid dienone is 1. The first-order valence-corrected chi connectivity index (χ1v) is 6.90. The molecule has 2 rings (SSSR count). The molecule has 0 aliphatic carbocycles. The van der Waals surface area contributed by atoms with Gasteiger partial charge >= 0.3 is 6.61 Å². The van der Waals surface area contributed by atoms with Gasteiger partial charge in [-0.3, -0.25) is 4.79 Å². The fraction of sp³-hybridized carbons (Fsp3) is 0.111. The van der Waals surface area contributed by atoms with Crippen LogP contribution in [0.4, 0.5) is 8.78 Å². The highest BCUT2D eigenvalue weighted by molar-refractivity contribution is 6.14. The second-order valence-electron chi connectivity index (χ2n) is 4.62. The number of para-hydroxylation sites is 1. The van der Waals surface area contributed by atoms with Gasteiger partial charge in [-0.2, -0.15) is 14.0 Å². The van der Waals surface area contributed by atoms with E-state index in [9.17, 15) is 18.8 Å². The predicted molar refractivity (Wildman–Crippen MR) is 84.0 cm³/mol. The summed E-state index contributed by atoms with van der Waals surface area (Å²) in [6.45, 7) is -3.07. The monoisotopic (exact) mass is 329 g/mol. The first-order valence-electron chi connectivity index (χ1n) is 6.90. The van der Waals surface area contributed by atoms with Crippen molar-refractivity contribution < 1.29 is 23.0 Å². The highest BCUT2D eigenvalue weighted by Gasteiger charge is 2.17. The van der Waals surface area contributed by atoms with E-state index in [1.165, 1.54) is 25.3 Å². The van der Waals surface area contributed by atoms with E-state index in [2.05, 4.69) is 4.74 Å². The van der Waals surface area contributed by atoms with Crippen molar-refractivity contribution in [3.8, 4) is 17.6 Å². The van der Waals surface area contributed by atoms with Gasteiger partial charge in [0.2, 0.25) is 5.78 Å². The van der Waals surface area contributed by atoms with E-state index >= 15 is 0 Å². The number of carbonyl (C=O) groups excluding carboxylic acids is 1. The van der Waals surface area contributed by atoms with Crippen molar-refractivity contribution in [2.75, 3.05) is 7.11 Å². The van der Waals surface area contributed by atoms with E-state index in [0.29, 0.717) is 5.56 Å². The van der Waals surface area contributed by atoms with Crippen LogP contribution in [-0.4, -0.2) is 19.5 Å². The van der Waals surface area contributed by atoms with Crippen LogP contribution in [0.1, 0.15) is 15.9 Å². The van der Waals surface area contributed by atoms with Gasteiger partial charge in [-0.1, -0.05) is 42.5 Å². The predicted octanol–water partition coefficient (Wildman–Crippen LogP) is 4.09. The molecule has 122 valence electrons. The van der Waals surface area contributed by atoms with Gasteiger partial charge in [0.05, 0.1) is 7.11 Å². The topological polar surface area (TPSA) is 59.3 Å². The fourth-order valence-corrected chi connectivity index (χ4v) is 2.07. The molecule has 0 heterocycles. The maximum Gasteiger partial charge on any atom is 0.387 e. The standard InChI is InChI=1S/C18H13F2NO3/c1-23-15-9-5-8-13(17(15)24-18(19)20)10-14(11-21)16(22)12-6-3-2-4-7-12/h2-10,18H,1H3/b14-10-. The van der Waals surface area contributed by atoms with Gasteiger partial charge in [0.15, 0.2) is 11.5 Å². The molecule has 0 radical (unpaired) electrons. The van der Waals surface area contributed by atoms with Gasteiger partial charge < -0.3 is 9.47 Å². The van der Waals surface area contributed by atoms with Gasteiger partial charge in [0.25, 0.3) is 0 Å². The lowest BCUT2D eigenvalue weighted by molar-refractivity contribution is -0.0513. The summed E-state index contributed by atoms with van der Waals surface area (Å²) in [7, 11) is 1.31. The highest BCUT2D eigenvalue weighted by Crippen LogP contribution is 2.34. The van der Waals surface area contributed by atoms with Crippen LogP contribution in [0.25, 0.3) is 6.08 Å². The second kappa shape index (κ2) is 7.88. The van der Waals surface area contributed by atoms with Crippen LogP contribution in [0, 0.1) is 11.3 Å². The Bertz CT molecular complexity index is 796. The van der Waals surface area contributed by atoms with Crippen molar-refractivity contribution in [2.24, 2.45) is 0 Å². The number of carbonyl (C=O) groups is 1. The Kier molecular flexibility index (Phi) is 5.63. The first-order chi connectivity index (χ1) is 11.6. The quantitative estimate of drug-likeness (QED) is 0.455. The zero-order valence-corrected chi connectivity index (χ0v) is 12.7. The SMILES string of the molecule is COc1cccc(/C=C(/C#N)C(=O)c2ccccc2)c1OC(F)F. The van der Waals surface area contributed by atoms with Crippen LogP contribution in [0.5, 0.6) is 11.5 Å². The Balaban J connectivity index is 2.48. The fourth-order valence-electron chi connectivity index (χ4n) is 2.07. The zero-order valence-electron chi connectivity index (χ0n) is 12.7. The number of benzene rings is 2. The van der Waals surface area contributed by atoms with Crippen LogP contribution in [-0.2, 0) is 0 Å². The minimum Gasteiger partial charge on any atom is -0.493 e. The van der Waals surface area contributed by atoms with E-state index in [4.69, 9.17) is 4.74 Å². The Morgan fingerprint density at radius 1 is 1.17 bits per heavy atom. The van der Waals surface area contributed by atoms with Crippen LogP contribution in [0.3, 0.4) is 0 Å². The van der Waals surface area contributed by atoms with Crippen molar-refractivity contribution >= 4 is 11.9 Å². The summed E-state index contributed by atoms with van der Waals surface area (Å²) in [5.74, 6) is -0.666. The number of ketones is 1. The van der Waals surface area contributed by atoms with Crippen LogP contribution in [0.15, 0.2) is 54.1 Å². The minimum absolute atomic E-state index is 0.0773. The number of methoxy groups -OCH3 is 1. The maximum absolute atomic E-state index is 12.6. The number of hydrogen-bond donors (Lipinski definition) is 0. The van der Waals surface area contributed by atoms with Crippen LogP contribution < -0.4 is 9.47 Å². The van der Waals surface area contributed by atoms with Crippen LogP contribution >= 0.6 is 0 Å². The van der Waals surface area contributed by atoms with E-state index in [0.717, 1.165) is 0 Å². The van der Waals surface area contributed by atoms with Crippen molar-refractivity contribution in [3.63, 3.8) is 0 Å². The lowest BCUT2D eigenvalue weighted by Crippen LogP contribution is -2.06. The second-order valence-corrected chi connectivity index (χ2v) is 4.62. The molecule has 6 heteroatoms. The molecule has 0 aromatic heterocycles. The lowest BCUT2D eigenvalue weighted by Gasteiger charge is -2.12. The van der Waals surface area contributed by atoms with E-state index in [1.807, 2.05) is 0 Å². The third-order valence-electron chi connectivity index (χ3n) is 3.14. The third-order valence-corrected chi connectivity index (χ3v) is 3.14. The molecule has 2 aromatic carbocycles. The molecule has 0 aliphatic rings. The smallest absolute Gasteiger partial charge is 0.387 e. The summed E-state index contributed by atoms with van der Waals surface area (Å²) in [4.78, 5) is 12.4.